The summed E-state index contributed by atoms with van der Waals surface area (Å²) in [4.78, 5) is 14.2. The van der Waals surface area contributed by atoms with Gasteiger partial charge in [0.25, 0.3) is 0 Å². The quantitative estimate of drug-likeness (QED) is 0.937. The van der Waals surface area contributed by atoms with Crippen LogP contribution in [0.15, 0.2) is 36.4 Å². The number of aromatic nitrogens is 2. The number of amides is 1. The van der Waals surface area contributed by atoms with E-state index >= 15 is 0 Å². The summed E-state index contributed by atoms with van der Waals surface area (Å²) in [5, 5.41) is 10.9. The summed E-state index contributed by atoms with van der Waals surface area (Å²) in [6.07, 6.45) is 2.28. The number of rotatable bonds is 4. The van der Waals surface area contributed by atoms with Crippen LogP contribution < -0.4 is 10.2 Å². The first-order chi connectivity index (χ1) is 11.6. The van der Waals surface area contributed by atoms with Crippen LogP contribution in [0, 0.1) is 11.7 Å². The van der Waals surface area contributed by atoms with E-state index in [1.807, 2.05) is 6.07 Å². The maximum absolute atomic E-state index is 13.6. The molecule has 24 heavy (non-hydrogen) atoms. The van der Waals surface area contributed by atoms with Crippen molar-refractivity contribution in [1.82, 2.24) is 10.2 Å². The molecule has 0 bridgehead atoms. The lowest BCUT2D eigenvalue weighted by Gasteiger charge is -2.30. The van der Waals surface area contributed by atoms with Gasteiger partial charge in [-0.25, -0.2) is 4.39 Å². The Hall–Kier alpha value is -2.50. The van der Waals surface area contributed by atoms with Crippen LogP contribution >= 0.6 is 0 Å². The van der Waals surface area contributed by atoms with Gasteiger partial charge in [-0.1, -0.05) is 25.1 Å². The van der Waals surface area contributed by atoms with Crippen molar-refractivity contribution >= 4 is 17.5 Å². The Balaban J connectivity index is 1.58. The van der Waals surface area contributed by atoms with Crippen molar-refractivity contribution in [3.05, 3.63) is 47.8 Å². The number of hydrogen-bond donors (Lipinski definition) is 1. The van der Waals surface area contributed by atoms with Crippen molar-refractivity contribution in [3.8, 4) is 0 Å². The zero-order valence-electron chi connectivity index (χ0n) is 13.7. The lowest BCUT2D eigenvalue weighted by atomic mass is 9.99. The van der Waals surface area contributed by atoms with Gasteiger partial charge < -0.3 is 10.2 Å². The summed E-state index contributed by atoms with van der Waals surface area (Å²) in [5.74, 6) is 1.27. The Morgan fingerprint density at radius 2 is 1.96 bits per heavy atom. The molecule has 0 aliphatic carbocycles. The standard InChI is InChI=1S/C18H21FN4O/c1-13-8-10-23(11-9-13)17-7-6-16(21-22-17)20-18(24)12-14-4-2-3-5-15(14)19/h2-7,13H,8-12H2,1H3,(H,20,21,24). The molecule has 3 rings (SSSR count). The van der Waals surface area contributed by atoms with E-state index in [1.165, 1.54) is 6.07 Å². The van der Waals surface area contributed by atoms with Crippen LogP contribution in [0.4, 0.5) is 16.0 Å². The Morgan fingerprint density at radius 3 is 2.62 bits per heavy atom. The third-order valence-electron chi connectivity index (χ3n) is 4.33. The Morgan fingerprint density at radius 1 is 1.21 bits per heavy atom. The number of carbonyl (C=O) groups is 1. The van der Waals surface area contributed by atoms with Gasteiger partial charge in [-0.15, -0.1) is 10.2 Å². The number of hydrogen-bond acceptors (Lipinski definition) is 4. The molecule has 126 valence electrons. The summed E-state index contributed by atoms with van der Waals surface area (Å²) >= 11 is 0. The molecular weight excluding hydrogens is 307 g/mol. The molecule has 0 spiro atoms. The molecule has 1 aliphatic rings. The van der Waals surface area contributed by atoms with Crippen molar-refractivity contribution < 1.29 is 9.18 Å². The van der Waals surface area contributed by atoms with Crippen molar-refractivity contribution in [1.29, 1.82) is 0 Å². The second kappa shape index (κ2) is 7.38. The molecule has 1 aromatic carbocycles. The van der Waals surface area contributed by atoms with Gasteiger partial charge in [-0.2, -0.15) is 0 Å². The largest absolute Gasteiger partial charge is 0.355 e. The molecular formula is C18H21FN4O. The monoisotopic (exact) mass is 328 g/mol. The van der Waals surface area contributed by atoms with Crippen molar-refractivity contribution in [2.75, 3.05) is 23.3 Å². The van der Waals surface area contributed by atoms with Crippen LogP contribution in [-0.2, 0) is 11.2 Å². The summed E-state index contributed by atoms with van der Waals surface area (Å²) in [5.41, 5.74) is 0.363. The zero-order chi connectivity index (χ0) is 16.9. The molecule has 2 aromatic rings. The van der Waals surface area contributed by atoms with E-state index in [0.29, 0.717) is 11.4 Å². The van der Waals surface area contributed by atoms with E-state index in [1.54, 1.807) is 24.3 Å². The Labute approximate surface area is 140 Å². The van der Waals surface area contributed by atoms with E-state index in [4.69, 9.17) is 0 Å². The molecule has 1 amide bonds. The summed E-state index contributed by atoms with van der Waals surface area (Å²) in [7, 11) is 0. The lowest BCUT2D eigenvalue weighted by Crippen LogP contribution is -2.33. The summed E-state index contributed by atoms with van der Waals surface area (Å²) < 4.78 is 13.6. The summed E-state index contributed by atoms with van der Waals surface area (Å²) in [6, 6.07) is 9.85. The van der Waals surface area contributed by atoms with Gasteiger partial charge in [0.05, 0.1) is 6.42 Å². The summed E-state index contributed by atoms with van der Waals surface area (Å²) in [6.45, 7) is 4.22. The highest BCUT2D eigenvalue weighted by Gasteiger charge is 2.17. The number of benzene rings is 1. The SMILES string of the molecule is CC1CCN(c2ccc(NC(=O)Cc3ccccc3F)nn2)CC1. The minimum Gasteiger partial charge on any atom is -0.355 e. The predicted octanol–water partition coefficient (Wildman–Crippen LogP) is 3.03. The molecule has 0 atom stereocenters. The smallest absolute Gasteiger partial charge is 0.230 e. The van der Waals surface area contributed by atoms with Crippen LogP contribution in [0.25, 0.3) is 0 Å². The second-order valence-electron chi connectivity index (χ2n) is 6.26. The highest BCUT2D eigenvalue weighted by Crippen LogP contribution is 2.21. The number of anilines is 2. The highest BCUT2D eigenvalue weighted by molar-refractivity contribution is 5.91. The fraction of sp³-hybridized carbons (Fsp3) is 0.389. The average molecular weight is 328 g/mol. The van der Waals surface area contributed by atoms with Gasteiger partial charge in [0, 0.05) is 13.1 Å². The minimum absolute atomic E-state index is 0.0277. The number of nitrogens with one attached hydrogen (secondary N) is 1. The molecule has 1 aromatic heterocycles. The lowest BCUT2D eigenvalue weighted by molar-refractivity contribution is -0.115. The van der Waals surface area contributed by atoms with E-state index in [-0.39, 0.29) is 18.1 Å². The van der Waals surface area contributed by atoms with Gasteiger partial charge in [-0.3, -0.25) is 4.79 Å². The third kappa shape index (κ3) is 4.07. The van der Waals surface area contributed by atoms with E-state index in [9.17, 15) is 9.18 Å². The van der Waals surface area contributed by atoms with Crippen LogP contribution in [0.3, 0.4) is 0 Å². The molecule has 0 unspecified atom stereocenters. The highest BCUT2D eigenvalue weighted by atomic mass is 19.1. The van der Waals surface area contributed by atoms with Gasteiger partial charge >= 0.3 is 0 Å². The normalized spacial score (nSPS) is 15.3. The molecule has 1 saturated heterocycles. The number of carbonyl (C=O) groups excluding carboxylic acids is 1. The van der Waals surface area contributed by atoms with E-state index in [0.717, 1.165) is 37.7 Å². The topological polar surface area (TPSA) is 58.1 Å². The third-order valence-corrected chi connectivity index (χ3v) is 4.33. The second-order valence-corrected chi connectivity index (χ2v) is 6.26. The molecule has 6 heteroatoms. The van der Waals surface area contributed by atoms with Crippen molar-refractivity contribution in [2.24, 2.45) is 5.92 Å². The van der Waals surface area contributed by atoms with Crippen molar-refractivity contribution in [2.45, 2.75) is 26.2 Å². The first kappa shape index (κ1) is 16.4. The molecule has 2 heterocycles. The number of piperidine rings is 1. The van der Waals surface area contributed by atoms with Gasteiger partial charge in [-0.05, 0) is 42.5 Å². The maximum Gasteiger partial charge on any atom is 0.230 e. The van der Waals surface area contributed by atoms with Crippen LogP contribution in [0.2, 0.25) is 0 Å². The van der Waals surface area contributed by atoms with E-state index in [2.05, 4.69) is 27.3 Å². The first-order valence-corrected chi connectivity index (χ1v) is 8.24. The minimum atomic E-state index is -0.381. The van der Waals surface area contributed by atoms with Crippen molar-refractivity contribution in [3.63, 3.8) is 0 Å². The predicted molar refractivity (Wildman–Crippen MR) is 91.4 cm³/mol. The zero-order valence-corrected chi connectivity index (χ0v) is 13.7. The van der Waals surface area contributed by atoms with Gasteiger partial charge in [0.15, 0.2) is 11.6 Å². The van der Waals surface area contributed by atoms with E-state index < -0.39 is 0 Å². The van der Waals surface area contributed by atoms with Crippen LogP contribution in [0.1, 0.15) is 25.3 Å². The number of nitrogens with zero attached hydrogens (tertiary/aromatic N) is 3. The van der Waals surface area contributed by atoms with Crippen LogP contribution in [-0.4, -0.2) is 29.2 Å². The molecule has 0 radical (unpaired) electrons. The first-order valence-electron chi connectivity index (χ1n) is 8.24. The number of halogens is 1. The Kier molecular flexibility index (Phi) is 5.03. The van der Waals surface area contributed by atoms with Gasteiger partial charge in [0.2, 0.25) is 5.91 Å². The molecule has 0 saturated carbocycles. The average Bonchev–Trinajstić information content (AvgIpc) is 2.58. The molecule has 5 nitrogen and oxygen atoms in total. The maximum atomic E-state index is 13.6. The van der Waals surface area contributed by atoms with Gasteiger partial charge in [0.1, 0.15) is 5.82 Å². The molecule has 1 aliphatic heterocycles. The molecule has 1 fully saturated rings. The van der Waals surface area contributed by atoms with Crippen LogP contribution in [0.5, 0.6) is 0 Å². The fourth-order valence-corrected chi connectivity index (χ4v) is 2.80. The Bertz CT molecular complexity index is 696. The molecule has 1 N–H and O–H groups in total. The fourth-order valence-electron chi connectivity index (χ4n) is 2.80.